The van der Waals surface area contributed by atoms with Crippen molar-refractivity contribution in [2.24, 2.45) is 11.1 Å². The van der Waals surface area contributed by atoms with Crippen molar-refractivity contribution in [3.63, 3.8) is 0 Å². The number of nitrogens with two attached hydrogens (primary N) is 1. The lowest BCUT2D eigenvalue weighted by Crippen LogP contribution is -2.31. The minimum Gasteiger partial charge on any atom is -0.387 e. The summed E-state index contributed by atoms with van der Waals surface area (Å²) in [6.07, 6.45) is 5.58. The summed E-state index contributed by atoms with van der Waals surface area (Å²) in [5.41, 5.74) is 5.83. The van der Waals surface area contributed by atoms with Crippen molar-refractivity contribution in [2.75, 3.05) is 0 Å². The maximum absolute atomic E-state index is 5.43. The van der Waals surface area contributed by atoms with E-state index >= 15 is 0 Å². The van der Waals surface area contributed by atoms with Crippen LogP contribution in [0.25, 0.3) is 0 Å². The number of thiocarbonyl (C=S) groups is 1. The van der Waals surface area contributed by atoms with E-state index in [4.69, 9.17) is 18.0 Å². The van der Waals surface area contributed by atoms with Gasteiger partial charge in [-0.05, 0) is 18.3 Å². The van der Waals surface area contributed by atoms with E-state index in [-0.39, 0.29) is 4.99 Å². The summed E-state index contributed by atoms with van der Waals surface area (Å²) in [6.45, 7) is 3.20. The average Bonchev–Trinajstić information content (AvgIpc) is 2.50. The van der Waals surface area contributed by atoms with Crippen LogP contribution in [0.2, 0.25) is 0 Å². The fraction of sp³-hybridized carbons (Fsp3) is 0.667. The van der Waals surface area contributed by atoms with Gasteiger partial charge in [0.15, 0.2) is 0 Å². The van der Waals surface area contributed by atoms with E-state index in [1.807, 2.05) is 4.68 Å². The molecule has 0 unspecified atom stereocenters. The van der Waals surface area contributed by atoms with Crippen LogP contribution in [0.1, 0.15) is 32.0 Å². The molecule has 0 saturated heterocycles. The molecule has 1 aromatic rings. The molecule has 5 heteroatoms. The largest absolute Gasteiger partial charge is 0.387 e. The zero-order chi connectivity index (χ0) is 10.2. The summed E-state index contributed by atoms with van der Waals surface area (Å²) in [7, 11) is 0. The molecule has 1 aliphatic carbocycles. The molecule has 1 aromatic heterocycles. The molecule has 2 rings (SSSR count). The molecule has 14 heavy (non-hydrogen) atoms. The summed E-state index contributed by atoms with van der Waals surface area (Å²) in [6, 6.07) is 0. The van der Waals surface area contributed by atoms with E-state index in [0.29, 0.717) is 11.2 Å². The zero-order valence-corrected chi connectivity index (χ0v) is 9.05. The first-order valence-electron chi connectivity index (χ1n) is 4.78. The van der Waals surface area contributed by atoms with Crippen LogP contribution >= 0.6 is 12.2 Å². The maximum Gasteiger partial charge on any atom is 0.208 e. The molecule has 0 bridgehead atoms. The first-order chi connectivity index (χ1) is 6.59. The van der Waals surface area contributed by atoms with Crippen molar-refractivity contribution < 1.29 is 0 Å². The van der Waals surface area contributed by atoms with Crippen molar-refractivity contribution in [1.82, 2.24) is 14.8 Å². The molecule has 1 saturated carbocycles. The van der Waals surface area contributed by atoms with Crippen molar-refractivity contribution in [3.8, 4) is 0 Å². The molecule has 0 amide bonds. The smallest absolute Gasteiger partial charge is 0.208 e. The molecule has 0 aromatic carbocycles. The standard InChI is InChI=1S/C9H14N4S/c1-9(3-2-4-9)5-13-6-11-8(12-13)7(10)14/h6H,2-5H2,1H3,(H2,10,14). The highest BCUT2D eigenvalue weighted by molar-refractivity contribution is 7.80. The minimum absolute atomic E-state index is 0.266. The Labute approximate surface area is 88.5 Å². The van der Waals surface area contributed by atoms with Crippen LogP contribution in [0.4, 0.5) is 0 Å². The molecule has 1 fully saturated rings. The Morgan fingerprint density at radius 3 is 2.86 bits per heavy atom. The second-order valence-electron chi connectivity index (χ2n) is 4.29. The molecular formula is C9H14N4S. The van der Waals surface area contributed by atoms with E-state index in [2.05, 4.69) is 17.0 Å². The highest BCUT2D eigenvalue weighted by Crippen LogP contribution is 2.41. The lowest BCUT2D eigenvalue weighted by molar-refractivity contribution is 0.126. The van der Waals surface area contributed by atoms with Gasteiger partial charge in [-0.2, -0.15) is 0 Å². The van der Waals surface area contributed by atoms with Gasteiger partial charge in [0, 0.05) is 6.54 Å². The molecule has 0 atom stereocenters. The lowest BCUT2D eigenvalue weighted by atomic mass is 9.70. The topological polar surface area (TPSA) is 56.7 Å². The van der Waals surface area contributed by atoms with Gasteiger partial charge in [-0.3, -0.25) is 4.68 Å². The van der Waals surface area contributed by atoms with Crippen LogP contribution in [-0.2, 0) is 6.54 Å². The van der Waals surface area contributed by atoms with Crippen LogP contribution in [0, 0.1) is 5.41 Å². The Hall–Kier alpha value is -0.970. The monoisotopic (exact) mass is 210 g/mol. The summed E-state index contributed by atoms with van der Waals surface area (Å²) in [4.78, 5) is 4.31. The minimum atomic E-state index is 0.266. The predicted octanol–water partition coefficient (Wildman–Crippen LogP) is 1.10. The van der Waals surface area contributed by atoms with Gasteiger partial charge in [-0.15, -0.1) is 5.10 Å². The van der Waals surface area contributed by atoms with E-state index in [9.17, 15) is 0 Å². The number of hydrogen-bond acceptors (Lipinski definition) is 3. The van der Waals surface area contributed by atoms with Gasteiger partial charge < -0.3 is 5.73 Å². The van der Waals surface area contributed by atoms with Crippen LogP contribution in [-0.4, -0.2) is 19.8 Å². The number of aromatic nitrogens is 3. The molecule has 76 valence electrons. The second kappa shape index (κ2) is 3.31. The molecule has 1 heterocycles. The lowest BCUT2D eigenvalue weighted by Gasteiger charge is -2.37. The first kappa shape index (κ1) is 9.58. The average molecular weight is 210 g/mol. The molecule has 0 aliphatic heterocycles. The van der Waals surface area contributed by atoms with Gasteiger partial charge in [0.2, 0.25) is 5.82 Å². The van der Waals surface area contributed by atoms with Gasteiger partial charge in [0.25, 0.3) is 0 Å². The Balaban J connectivity index is 2.06. The fourth-order valence-corrected chi connectivity index (χ4v) is 1.91. The SMILES string of the molecule is CC1(Cn2cnc(C(N)=S)n2)CCC1. The third-order valence-corrected chi connectivity index (χ3v) is 3.04. The predicted molar refractivity (Wildman–Crippen MR) is 57.9 cm³/mol. The van der Waals surface area contributed by atoms with Crippen LogP contribution in [0.3, 0.4) is 0 Å². The van der Waals surface area contributed by atoms with Crippen molar-refractivity contribution >= 4 is 17.2 Å². The zero-order valence-electron chi connectivity index (χ0n) is 8.23. The van der Waals surface area contributed by atoms with E-state index in [0.717, 1.165) is 6.54 Å². The van der Waals surface area contributed by atoms with Gasteiger partial charge in [-0.25, -0.2) is 4.98 Å². The summed E-state index contributed by atoms with van der Waals surface area (Å²) in [5.74, 6) is 0.475. The number of hydrogen-bond donors (Lipinski definition) is 1. The van der Waals surface area contributed by atoms with Crippen molar-refractivity contribution in [2.45, 2.75) is 32.7 Å². The Bertz CT molecular complexity index is 353. The summed E-state index contributed by atoms with van der Waals surface area (Å²) >= 11 is 4.80. The fourth-order valence-electron chi connectivity index (χ4n) is 1.81. The van der Waals surface area contributed by atoms with E-state index in [1.165, 1.54) is 19.3 Å². The maximum atomic E-state index is 5.43. The van der Waals surface area contributed by atoms with Crippen LogP contribution in [0.5, 0.6) is 0 Å². The summed E-state index contributed by atoms with van der Waals surface area (Å²) in [5, 5.41) is 4.22. The molecule has 0 radical (unpaired) electrons. The molecule has 4 nitrogen and oxygen atoms in total. The first-order valence-corrected chi connectivity index (χ1v) is 5.19. The third kappa shape index (κ3) is 1.77. The highest BCUT2D eigenvalue weighted by atomic mass is 32.1. The van der Waals surface area contributed by atoms with Crippen LogP contribution < -0.4 is 5.73 Å². The molecule has 2 N–H and O–H groups in total. The third-order valence-electron chi connectivity index (χ3n) is 2.86. The van der Waals surface area contributed by atoms with Crippen molar-refractivity contribution in [3.05, 3.63) is 12.2 Å². The number of nitrogens with zero attached hydrogens (tertiary/aromatic N) is 3. The number of rotatable bonds is 3. The summed E-state index contributed by atoms with van der Waals surface area (Å²) < 4.78 is 1.84. The normalized spacial score (nSPS) is 18.9. The van der Waals surface area contributed by atoms with Gasteiger partial charge in [0.05, 0.1) is 0 Å². The second-order valence-corrected chi connectivity index (χ2v) is 4.73. The van der Waals surface area contributed by atoms with Gasteiger partial charge >= 0.3 is 0 Å². The molecular weight excluding hydrogens is 196 g/mol. The molecule has 0 spiro atoms. The molecule has 1 aliphatic rings. The van der Waals surface area contributed by atoms with E-state index in [1.54, 1.807) is 6.33 Å². The Morgan fingerprint density at radius 1 is 1.71 bits per heavy atom. The highest BCUT2D eigenvalue weighted by Gasteiger charge is 2.32. The van der Waals surface area contributed by atoms with E-state index < -0.39 is 0 Å². The van der Waals surface area contributed by atoms with Crippen LogP contribution in [0.15, 0.2) is 6.33 Å². The Kier molecular flexibility index (Phi) is 2.26. The quantitative estimate of drug-likeness (QED) is 0.759. The van der Waals surface area contributed by atoms with Crippen molar-refractivity contribution in [1.29, 1.82) is 0 Å². The van der Waals surface area contributed by atoms with Gasteiger partial charge in [0.1, 0.15) is 11.3 Å². The Morgan fingerprint density at radius 2 is 2.43 bits per heavy atom. The van der Waals surface area contributed by atoms with Gasteiger partial charge in [-0.1, -0.05) is 25.6 Å².